The number of dihydropyridines is 1. The van der Waals surface area contributed by atoms with Crippen LogP contribution in [0.5, 0.6) is 11.5 Å². The Morgan fingerprint density at radius 3 is 1.97 bits per heavy atom. The summed E-state index contributed by atoms with van der Waals surface area (Å²) in [5.41, 5.74) is 6.37. The zero-order valence-electron chi connectivity index (χ0n) is 23.8. The minimum Gasteiger partial charge on any atom is -0.490 e. The van der Waals surface area contributed by atoms with Crippen molar-refractivity contribution in [3.8, 4) is 11.5 Å². The molecule has 5 nitrogen and oxygen atoms in total. The van der Waals surface area contributed by atoms with Gasteiger partial charge in [-0.1, -0.05) is 57.5 Å². The molecule has 1 N–H and O–H groups in total. The quantitative estimate of drug-likeness (QED) is 0.331. The lowest BCUT2D eigenvalue weighted by Crippen LogP contribution is -2.42. The van der Waals surface area contributed by atoms with Gasteiger partial charge in [0.2, 0.25) is 0 Å². The van der Waals surface area contributed by atoms with Crippen LogP contribution in [0.15, 0.2) is 58.9 Å². The first-order valence-electron chi connectivity index (χ1n) is 13.8. The third kappa shape index (κ3) is 5.67. The molecular weight excluding hydrogens is 601 g/mol. The lowest BCUT2D eigenvalue weighted by Gasteiger charge is -2.44. The van der Waals surface area contributed by atoms with Crippen molar-refractivity contribution in [1.29, 1.82) is 0 Å². The van der Waals surface area contributed by atoms with Gasteiger partial charge >= 0.3 is 0 Å². The van der Waals surface area contributed by atoms with Gasteiger partial charge < -0.3 is 14.8 Å². The number of carbonyl (C=O) groups excluding carboxylic acids is 2. The van der Waals surface area contributed by atoms with E-state index in [1.165, 1.54) is 5.56 Å². The van der Waals surface area contributed by atoms with Gasteiger partial charge in [-0.15, -0.1) is 0 Å². The van der Waals surface area contributed by atoms with Gasteiger partial charge in [0.15, 0.2) is 23.1 Å². The van der Waals surface area contributed by atoms with E-state index in [2.05, 4.69) is 92.9 Å². The highest BCUT2D eigenvalue weighted by Gasteiger charge is 2.46. The molecule has 1 heterocycles. The first-order chi connectivity index (χ1) is 18.4. The van der Waals surface area contributed by atoms with Crippen molar-refractivity contribution in [1.82, 2.24) is 5.32 Å². The molecule has 206 valence electrons. The summed E-state index contributed by atoms with van der Waals surface area (Å²) >= 11 is 2.29. The van der Waals surface area contributed by atoms with E-state index < -0.39 is 5.92 Å². The Bertz CT molecular complexity index is 1350. The van der Waals surface area contributed by atoms with Crippen LogP contribution in [0.2, 0.25) is 0 Å². The standard InChI is InChI=1S/C33H38INO4/c1-7-38-27-13-21(12-22(34)31(27)39-18-20-10-8-19(2)9-11-20)28-29-23(14-32(3,4)16-25(29)36)35-24-15-33(5,6)17-26(37)30(24)28/h8-13,28,35H,7,14-18H2,1-6H3. The van der Waals surface area contributed by atoms with Crippen LogP contribution in [-0.2, 0) is 16.2 Å². The number of Topliss-reactive ketones (excluding diaryl/α,β-unsaturated/α-hetero) is 2. The van der Waals surface area contributed by atoms with E-state index in [1.54, 1.807) is 0 Å². The predicted molar refractivity (Wildman–Crippen MR) is 162 cm³/mol. The molecule has 0 radical (unpaired) electrons. The maximum atomic E-state index is 13.7. The Kier molecular flexibility index (Phi) is 7.46. The summed E-state index contributed by atoms with van der Waals surface area (Å²) in [5.74, 6) is 1.17. The molecule has 0 spiro atoms. The number of rotatable bonds is 6. The molecule has 0 saturated carbocycles. The Hall–Kier alpha value is -2.61. The van der Waals surface area contributed by atoms with Gasteiger partial charge in [-0.3, -0.25) is 9.59 Å². The fourth-order valence-electron chi connectivity index (χ4n) is 6.22. The van der Waals surface area contributed by atoms with E-state index in [4.69, 9.17) is 9.47 Å². The van der Waals surface area contributed by atoms with E-state index in [-0.39, 0.29) is 22.4 Å². The predicted octanol–water partition coefficient (Wildman–Crippen LogP) is 7.55. The van der Waals surface area contributed by atoms with Gasteiger partial charge in [-0.25, -0.2) is 0 Å². The van der Waals surface area contributed by atoms with Crippen molar-refractivity contribution in [3.05, 3.63) is 79.2 Å². The molecule has 1 aliphatic heterocycles. The highest BCUT2D eigenvalue weighted by Crippen LogP contribution is 2.52. The lowest BCUT2D eigenvalue weighted by molar-refractivity contribution is -0.119. The second kappa shape index (κ2) is 10.4. The summed E-state index contributed by atoms with van der Waals surface area (Å²) in [6.45, 7) is 13.5. The Morgan fingerprint density at radius 1 is 0.872 bits per heavy atom. The summed E-state index contributed by atoms with van der Waals surface area (Å²) in [7, 11) is 0. The summed E-state index contributed by atoms with van der Waals surface area (Å²) in [6.07, 6.45) is 2.51. The summed E-state index contributed by atoms with van der Waals surface area (Å²) in [4.78, 5) is 27.4. The highest BCUT2D eigenvalue weighted by atomic mass is 127. The Morgan fingerprint density at radius 2 is 1.44 bits per heavy atom. The third-order valence-electron chi connectivity index (χ3n) is 7.89. The molecule has 0 amide bonds. The van der Waals surface area contributed by atoms with Crippen LogP contribution in [-0.4, -0.2) is 18.2 Å². The number of ketones is 2. The minimum atomic E-state index is -0.401. The van der Waals surface area contributed by atoms with Crippen LogP contribution in [0.25, 0.3) is 0 Å². The number of allylic oxidation sites excluding steroid dienone is 4. The largest absolute Gasteiger partial charge is 0.490 e. The molecule has 3 aliphatic rings. The molecule has 0 unspecified atom stereocenters. The van der Waals surface area contributed by atoms with E-state index in [0.717, 1.165) is 50.1 Å². The van der Waals surface area contributed by atoms with Gasteiger partial charge in [-0.05, 0) is 83.4 Å². The lowest BCUT2D eigenvalue weighted by atomic mass is 9.64. The molecule has 0 fully saturated rings. The van der Waals surface area contributed by atoms with Crippen LogP contribution in [0.4, 0.5) is 0 Å². The molecular formula is C33H38INO4. The number of aryl methyl sites for hydroxylation is 1. The summed E-state index contributed by atoms with van der Waals surface area (Å²) < 4.78 is 13.3. The Labute approximate surface area is 245 Å². The number of carbonyl (C=O) groups is 2. The molecule has 0 aromatic heterocycles. The Balaban J connectivity index is 1.60. The second-order valence-corrected chi connectivity index (χ2v) is 13.9. The summed E-state index contributed by atoms with van der Waals surface area (Å²) in [6, 6.07) is 12.4. The summed E-state index contributed by atoms with van der Waals surface area (Å²) in [5, 5.41) is 3.60. The fourth-order valence-corrected chi connectivity index (χ4v) is 7.00. The number of ether oxygens (including phenoxy) is 2. The fraction of sp³-hybridized carbons (Fsp3) is 0.455. The molecule has 5 rings (SSSR count). The van der Waals surface area contributed by atoms with Gasteiger partial charge in [-0.2, -0.15) is 0 Å². The monoisotopic (exact) mass is 639 g/mol. The molecule has 0 atom stereocenters. The van der Waals surface area contributed by atoms with Gasteiger partial charge in [0.05, 0.1) is 10.2 Å². The molecule has 2 aromatic carbocycles. The maximum Gasteiger partial charge on any atom is 0.174 e. The first kappa shape index (κ1) is 27.9. The average Bonchev–Trinajstić information content (AvgIpc) is 2.81. The highest BCUT2D eigenvalue weighted by molar-refractivity contribution is 14.1. The zero-order chi connectivity index (χ0) is 28.1. The number of nitrogens with one attached hydrogen (secondary N) is 1. The topological polar surface area (TPSA) is 64.6 Å². The van der Waals surface area contributed by atoms with Crippen LogP contribution in [0.1, 0.15) is 82.9 Å². The maximum absolute atomic E-state index is 13.7. The van der Waals surface area contributed by atoms with Crippen LogP contribution >= 0.6 is 22.6 Å². The third-order valence-corrected chi connectivity index (χ3v) is 8.69. The van der Waals surface area contributed by atoms with Crippen molar-refractivity contribution >= 4 is 34.2 Å². The molecule has 0 saturated heterocycles. The van der Waals surface area contributed by atoms with E-state index in [0.29, 0.717) is 37.6 Å². The molecule has 39 heavy (non-hydrogen) atoms. The van der Waals surface area contributed by atoms with Crippen LogP contribution in [0, 0.1) is 21.3 Å². The second-order valence-electron chi connectivity index (χ2n) is 12.8. The van der Waals surface area contributed by atoms with E-state index >= 15 is 0 Å². The van der Waals surface area contributed by atoms with Crippen LogP contribution in [0.3, 0.4) is 0 Å². The molecule has 0 bridgehead atoms. The van der Waals surface area contributed by atoms with Crippen molar-refractivity contribution in [2.75, 3.05) is 6.61 Å². The molecule has 6 heteroatoms. The van der Waals surface area contributed by atoms with Crippen molar-refractivity contribution in [2.45, 2.75) is 79.8 Å². The van der Waals surface area contributed by atoms with Crippen molar-refractivity contribution in [2.24, 2.45) is 10.8 Å². The average molecular weight is 640 g/mol. The number of halogens is 1. The zero-order valence-corrected chi connectivity index (χ0v) is 26.0. The SMILES string of the molecule is CCOc1cc(C2C3=C(CC(C)(C)CC3=O)NC3=C2C(=O)CC(C)(C)C3)cc(I)c1OCc1ccc(C)cc1. The number of benzene rings is 2. The first-order valence-corrected chi connectivity index (χ1v) is 14.9. The minimum absolute atomic E-state index is 0.121. The smallest absolute Gasteiger partial charge is 0.174 e. The van der Waals surface area contributed by atoms with E-state index in [9.17, 15) is 9.59 Å². The van der Waals surface area contributed by atoms with Gasteiger partial charge in [0, 0.05) is 41.3 Å². The number of hydrogen-bond donors (Lipinski definition) is 1. The van der Waals surface area contributed by atoms with E-state index in [1.807, 2.05) is 13.0 Å². The van der Waals surface area contributed by atoms with Crippen molar-refractivity contribution < 1.29 is 19.1 Å². The van der Waals surface area contributed by atoms with Crippen molar-refractivity contribution in [3.63, 3.8) is 0 Å². The van der Waals surface area contributed by atoms with Gasteiger partial charge in [0.25, 0.3) is 0 Å². The normalized spacial score (nSPS) is 20.4. The van der Waals surface area contributed by atoms with Crippen LogP contribution < -0.4 is 14.8 Å². The van der Waals surface area contributed by atoms with Gasteiger partial charge in [0.1, 0.15) is 6.61 Å². The number of hydrogen-bond acceptors (Lipinski definition) is 5. The molecule has 2 aliphatic carbocycles. The molecule has 2 aromatic rings.